The van der Waals surface area contributed by atoms with Crippen molar-refractivity contribution in [1.29, 1.82) is 0 Å². The first kappa shape index (κ1) is 16.7. The van der Waals surface area contributed by atoms with Crippen molar-refractivity contribution < 1.29 is 9.90 Å². The Morgan fingerprint density at radius 3 is 2.86 bits per heavy atom. The molecule has 1 aromatic heterocycles. The van der Waals surface area contributed by atoms with Crippen LogP contribution in [0.2, 0.25) is 0 Å². The van der Waals surface area contributed by atoms with E-state index in [0.29, 0.717) is 24.9 Å². The van der Waals surface area contributed by atoms with Gasteiger partial charge in [0.25, 0.3) is 0 Å². The predicted molar refractivity (Wildman–Crippen MR) is 108 cm³/mol. The molecule has 0 saturated heterocycles. The number of nitrogens with one attached hydrogen (secondary N) is 2. The van der Waals surface area contributed by atoms with E-state index in [1.165, 1.54) is 12.8 Å². The molecule has 152 valence electrons. The first-order chi connectivity index (χ1) is 14.2. The normalized spacial score (nSPS) is 44.6. The molecular weight excluding hydrogens is 364 g/mol. The molecule has 29 heavy (non-hydrogen) atoms. The molecule has 3 N–H and O–H groups in total. The van der Waals surface area contributed by atoms with Gasteiger partial charge < -0.3 is 20.3 Å². The van der Waals surface area contributed by atoms with Crippen molar-refractivity contribution in [2.45, 2.75) is 31.4 Å². The maximum Gasteiger partial charge on any atom is 0.314 e. The zero-order valence-electron chi connectivity index (χ0n) is 16.5. The van der Waals surface area contributed by atoms with Gasteiger partial charge in [-0.25, -0.2) is 9.78 Å². The van der Waals surface area contributed by atoms with Crippen LogP contribution in [0.4, 0.5) is 4.79 Å². The molecule has 0 spiro atoms. The molecule has 9 unspecified atom stereocenters. The summed E-state index contributed by atoms with van der Waals surface area (Å²) in [5, 5.41) is 17.5. The summed E-state index contributed by atoms with van der Waals surface area (Å²) in [5.41, 5.74) is 1.49. The molecule has 5 aliphatic rings. The Morgan fingerprint density at radius 2 is 1.93 bits per heavy atom. The van der Waals surface area contributed by atoms with Gasteiger partial charge in [0.1, 0.15) is 0 Å². The van der Waals surface area contributed by atoms with Crippen LogP contribution in [0, 0.1) is 47.3 Å². The molecule has 5 saturated carbocycles. The minimum absolute atomic E-state index is 0.146. The molecule has 5 aliphatic carbocycles. The number of carbonyl (C=O) groups is 1. The monoisotopic (exact) mass is 392 g/mol. The number of aryl methyl sites for hydroxylation is 1. The fourth-order valence-electron chi connectivity index (χ4n) is 8.88. The third kappa shape index (κ3) is 1.96. The average molecular weight is 393 g/mol. The Morgan fingerprint density at radius 1 is 1.10 bits per heavy atom. The Bertz CT molecular complexity index is 998. The van der Waals surface area contributed by atoms with Crippen molar-refractivity contribution >= 4 is 17.1 Å². The van der Waals surface area contributed by atoms with E-state index in [4.69, 9.17) is 0 Å². The number of rotatable bonds is 6. The highest BCUT2D eigenvalue weighted by Crippen LogP contribution is 2.85. The third-order valence-electron chi connectivity index (χ3n) is 9.44. The lowest BCUT2D eigenvalue weighted by Gasteiger charge is -2.51. The molecule has 9 atom stereocenters. The van der Waals surface area contributed by atoms with Crippen molar-refractivity contribution in [3.63, 3.8) is 0 Å². The highest BCUT2D eigenvalue weighted by Gasteiger charge is 2.84. The Balaban J connectivity index is 0.929. The van der Waals surface area contributed by atoms with Crippen LogP contribution in [0.15, 0.2) is 30.6 Å². The molecular formula is C23H28N4O2. The number of amides is 2. The Labute approximate surface area is 170 Å². The van der Waals surface area contributed by atoms with Gasteiger partial charge in [0.15, 0.2) is 0 Å². The number of hydrogen-bond donors (Lipinski definition) is 3. The van der Waals surface area contributed by atoms with E-state index in [-0.39, 0.29) is 6.03 Å². The molecule has 6 heteroatoms. The van der Waals surface area contributed by atoms with Crippen LogP contribution < -0.4 is 10.6 Å². The van der Waals surface area contributed by atoms with E-state index in [2.05, 4.69) is 26.3 Å². The standard InChI is InChI=1S/C23H28N4O2/c28-22(24-6-3-7-27-11-26-16-4-1-2-5-17(16)27)25-10-23(29)20-13-9-14-18-12(13)8-15(20)19(18)21(14)23/h1-2,4-5,11-15,18-21,29H,3,6-10H2,(H2,24,25,28). The zero-order valence-corrected chi connectivity index (χ0v) is 16.5. The van der Waals surface area contributed by atoms with Crippen LogP contribution in [0.1, 0.15) is 19.3 Å². The van der Waals surface area contributed by atoms with Crippen molar-refractivity contribution in [2.24, 2.45) is 47.3 Å². The second-order valence-corrected chi connectivity index (χ2v) is 10.2. The first-order valence-electron chi connectivity index (χ1n) is 11.3. The van der Waals surface area contributed by atoms with Crippen LogP contribution in [-0.2, 0) is 6.54 Å². The maximum atomic E-state index is 12.4. The molecule has 0 aliphatic heterocycles. The van der Waals surface area contributed by atoms with Gasteiger partial charge in [-0.2, -0.15) is 0 Å². The average Bonchev–Trinajstić information content (AvgIpc) is 3.38. The lowest BCUT2D eigenvalue weighted by molar-refractivity contribution is -0.126. The van der Waals surface area contributed by atoms with Gasteiger partial charge in [0.2, 0.25) is 0 Å². The van der Waals surface area contributed by atoms with E-state index < -0.39 is 5.60 Å². The van der Waals surface area contributed by atoms with Crippen molar-refractivity contribution in [1.82, 2.24) is 20.2 Å². The molecule has 5 fully saturated rings. The largest absolute Gasteiger partial charge is 0.387 e. The minimum Gasteiger partial charge on any atom is -0.387 e. The number of aliphatic hydroxyl groups is 1. The lowest BCUT2D eigenvalue weighted by Crippen LogP contribution is -2.59. The number of carbonyl (C=O) groups excluding carboxylic acids is 1. The van der Waals surface area contributed by atoms with Gasteiger partial charge in [0.05, 0.1) is 23.0 Å². The van der Waals surface area contributed by atoms with Crippen LogP contribution in [0.3, 0.4) is 0 Å². The van der Waals surface area contributed by atoms with Crippen LogP contribution in [0.5, 0.6) is 0 Å². The van der Waals surface area contributed by atoms with Crippen LogP contribution in [0.25, 0.3) is 11.0 Å². The van der Waals surface area contributed by atoms with E-state index >= 15 is 0 Å². The summed E-state index contributed by atoms with van der Waals surface area (Å²) in [6, 6.07) is 7.95. The summed E-state index contributed by atoms with van der Waals surface area (Å²) in [4.78, 5) is 16.8. The number of nitrogens with zero attached hydrogens (tertiary/aromatic N) is 2. The second-order valence-electron chi connectivity index (χ2n) is 10.2. The topological polar surface area (TPSA) is 79.2 Å². The van der Waals surface area contributed by atoms with Crippen molar-refractivity contribution in [3.8, 4) is 0 Å². The fraction of sp³-hybridized carbons (Fsp3) is 0.652. The van der Waals surface area contributed by atoms with E-state index in [0.717, 1.165) is 59.5 Å². The van der Waals surface area contributed by atoms with Crippen LogP contribution in [-0.4, -0.2) is 39.4 Å². The number of para-hydroxylation sites is 2. The molecule has 0 radical (unpaired) electrons. The summed E-state index contributed by atoms with van der Waals surface area (Å²) in [6.07, 6.45) is 5.42. The number of fused-ring (bicyclic) bond motifs is 3. The quantitative estimate of drug-likeness (QED) is 0.660. The van der Waals surface area contributed by atoms with E-state index in [9.17, 15) is 9.90 Å². The molecule has 6 nitrogen and oxygen atoms in total. The molecule has 2 amide bonds. The van der Waals surface area contributed by atoms with E-state index in [1.54, 1.807) is 0 Å². The summed E-state index contributed by atoms with van der Waals surface area (Å²) in [7, 11) is 0. The van der Waals surface area contributed by atoms with E-state index in [1.807, 2.05) is 24.5 Å². The van der Waals surface area contributed by atoms with Crippen LogP contribution >= 0.6 is 0 Å². The Hall–Kier alpha value is -2.08. The van der Waals surface area contributed by atoms with Gasteiger partial charge in [-0.3, -0.25) is 0 Å². The zero-order chi connectivity index (χ0) is 19.3. The summed E-state index contributed by atoms with van der Waals surface area (Å²) >= 11 is 0. The number of imidazole rings is 1. The van der Waals surface area contributed by atoms with Crippen molar-refractivity contribution in [3.05, 3.63) is 30.6 Å². The molecule has 1 heterocycles. The lowest BCUT2D eigenvalue weighted by atomic mass is 9.56. The predicted octanol–water partition coefficient (Wildman–Crippen LogP) is 2.23. The maximum absolute atomic E-state index is 12.4. The minimum atomic E-state index is -0.641. The number of aromatic nitrogens is 2. The van der Waals surface area contributed by atoms with Gasteiger partial charge in [0, 0.05) is 19.6 Å². The van der Waals surface area contributed by atoms with Gasteiger partial charge >= 0.3 is 6.03 Å². The smallest absolute Gasteiger partial charge is 0.314 e. The van der Waals surface area contributed by atoms with Gasteiger partial charge in [-0.15, -0.1) is 0 Å². The fourth-order valence-corrected chi connectivity index (χ4v) is 8.88. The van der Waals surface area contributed by atoms with Crippen molar-refractivity contribution in [2.75, 3.05) is 13.1 Å². The Kier molecular flexibility index (Phi) is 3.19. The van der Waals surface area contributed by atoms with Gasteiger partial charge in [-0.05, 0) is 78.7 Å². The molecule has 2 bridgehead atoms. The summed E-state index contributed by atoms with van der Waals surface area (Å²) < 4.78 is 2.13. The molecule has 7 rings (SSSR count). The van der Waals surface area contributed by atoms with Gasteiger partial charge in [-0.1, -0.05) is 12.1 Å². The highest BCUT2D eigenvalue weighted by atomic mass is 16.3. The molecule has 1 aromatic carbocycles. The second kappa shape index (κ2) is 5.54. The number of benzene rings is 1. The molecule has 2 aromatic rings. The highest BCUT2D eigenvalue weighted by molar-refractivity contribution is 5.75. The summed E-state index contributed by atoms with van der Waals surface area (Å²) in [6.45, 7) is 1.87. The number of hydrogen-bond acceptors (Lipinski definition) is 3. The third-order valence-corrected chi connectivity index (χ3v) is 9.44. The first-order valence-corrected chi connectivity index (χ1v) is 11.3. The summed E-state index contributed by atoms with van der Waals surface area (Å²) in [5.74, 6) is 5.75. The number of urea groups is 1. The SMILES string of the molecule is O=C(NCCCn1cnc2ccccc21)NCC1(O)C2C3CC4C5C3CC2C5C41.